The number of alkyl halides is 3. The molecule has 5 heterocycles. The van der Waals surface area contributed by atoms with Crippen LogP contribution in [-0.2, 0) is 10.2 Å². The molecule has 4 aromatic rings. The van der Waals surface area contributed by atoms with Crippen LogP contribution in [0.15, 0.2) is 46.5 Å². The van der Waals surface area contributed by atoms with Crippen molar-refractivity contribution < 1.29 is 18.0 Å². The fourth-order valence-electron chi connectivity index (χ4n) is 5.08. The Bertz CT molecular complexity index is 1700. The van der Waals surface area contributed by atoms with Crippen molar-refractivity contribution in [2.24, 2.45) is 0 Å². The van der Waals surface area contributed by atoms with Crippen LogP contribution in [0.1, 0.15) is 48.9 Å². The van der Waals surface area contributed by atoms with Gasteiger partial charge in [0.25, 0.3) is 5.56 Å². The molecule has 0 radical (unpaired) electrons. The van der Waals surface area contributed by atoms with Crippen molar-refractivity contribution in [1.29, 1.82) is 0 Å². The Labute approximate surface area is 206 Å². The van der Waals surface area contributed by atoms with E-state index in [1.165, 1.54) is 16.9 Å². The molecule has 1 fully saturated rings. The van der Waals surface area contributed by atoms with Crippen molar-refractivity contribution in [3.63, 3.8) is 0 Å². The van der Waals surface area contributed by atoms with Gasteiger partial charge in [-0.2, -0.15) is 18.3 Å². The van der Waals surface area contributed by atoms with Gasteiger partial charge in [-0.1, -0.05) is 0 Å². The fourth-order valence-corrected chi connectivity index (χ4v) is 5.08. The van der Waals surface area contributed by atoms with Crippen molar-refractivity contribution in [2.75, 3.05) is 11.4 Å². The van der Waals surface area contributed by atoms with Crippen LogP contribution in [0.4, 0.5) is 18.9 Å². The van der Waals surface area contributed by atoms with Gasteiger partial charge in [0, 0.05) is 47.5 Å². The average molecular weight is 511 g/mol. The maximum atomic E-state index is 13.3. The van der Waals surface area contributed by atoms with Crippen LogP contribution in [0.3, 0.4) is 0 Å². The van der Waals surface area contributed by atoms with E-state index in [1.807, 2.05) is 0 Å². The summed E-state index contributed by atoms with van der Waals surface area (Å²) in [6.45, 7) is 1.83. The number of anilines is 1. The molecule has 1 saturated carbocycles. The first-order valence-corrected chi connectivity index (χ1v) is 11.5. The topological polar surface area (TPSA) is 129 Å². The van der Waals surface area contributed by atoms with Gasteiger partial charge >= 0.3 is 11.9 Å². The van der Waals surface area contributed by atoms with Gasteiger partial charge in [-0.05, 0) is 38.3 Å². The number of H-pyrrole nitrogens is 2. The fraction of sp³-hybridized carbons (Fsp3) is 0.333. The molecule has 2 aliphatic rings. The van der Waals surface area contributed by atoms with Crippen LogP contribution >= 0.6 is 0 Å². The van der Waals surface area contributed by atoms with E-state index in [0.717, 1.165) is 10.5 Å². The number of aromatic nitrogens is 6. The minimum atomic E-state index is -4.54. The van der Waals surface area contributed by atoms with E-state index in [9.17, 15) is 27.6 Å². The third kappa shape index (κ3) is 3.72. The number of imidazole rings is 1. The zero-order valence-electron chi connectivity index (χ0n) is 19.6. The molecule has 6 rings (SSSR count). The number of hydrogen-bond donors (Lipinski definition) is 2. The molecule has 4 aromatic heterocycles. The van der Waals surface area contributed by atoms with E-state index >= 15 is 0 Å². The molecule has 10 nitrogen and oxygen atoms in total. The standard InChI is InChI=1S/C24H20F3N7O3/c1-23(2)15-9-29-16(7-18(15)33(21(23)36)10-24(25,26)27)12-5-11(12)13-6-17(32-34-4-3-28-19(13)34)14-8-30-22(37)31-20(14)35/h3-4,6-9,11-12H,5,10H2,1-2H3,(H2,30,31,35,37)/t11-,12-/m0/s1. The van der Waals surface area contributed by atoms with Gasteiger partial charge in [0.1, 0.15) is 6.54 Å². The molecule has 0 unspecified atom stereocenters. The van der Waals surface area contributed by atoms with Crippen LogP contribution in [0.2, 0.25) is 0 Å². The molecule has 2 N–H and O–H groups in total. The van der Waals surface area contributed by atoms with Gasteiger partial charge in [0.2, 0.25) is 5.91 Å². The quantitative estimate of drug-likeness (QED) is 0.434. The second kappa shape index (κ2) is 7.60. The van der Waals surface area contributed by atoms with Gasteiger partial charge in [-0.25, -0.2) is 14.3 Å². The van der Waals surface area contributed by atoms with Crippen LogP contribution < -0.4 is 16.1 Å². The number of carbonyl (C=O) groups is 1. The summed E-state index contributed by atoms with van der Waals surface area (Å²) in [5.74, 6) is -0.822. The Kier molecular flexibility index (Phi) is 4.75. The van der Waals surface area contributed by atoms with E-state index in [4.69, 9.17) is 0 Å². The molecule has 190 valence electrons. The van der Waals surface area contributed by atoms with Gasteiger partial charge in [0.15, 0.2) is 5.65 Å². The number of amides is 1. The van der Waals surface area contributed by atoms with E-state index in [-0.39, 0.29) is 23.1 Å². The molecule has 1 amide bonds. The van der Waals surface area contributed by atoms with Crippen LogP contribution in [0, 0.1) is 0 Å². The summed E-state index contributed by atoms with van der Waals surface area (Å²) < 4.78 is 41.3. The molecule has 1 aliphatic heterocycles. The van der Waals surface area contributed by atoms with Crippen molar-refractivity contribution in [3.05, 3.63) is 74.6 Å². The largest absolute Gasteiger partial charge is 0.406 e. The molecule has 0 bridgehead atoms. The van der Waals surface area contributed by atoms with Crippen molar-refractivity contribution in [2.45, 2.75) is 43.7 Å². The summed E-state index contributed by atoms with van der Waals surface area (Å²) >= 11 is 0. The highest BCUT2D eigenvalue weighted by Gasteiger charge is 2.49. The second-order valence-corrected chi connectivity index (χ2v) is 9.87. The summed E-state index contributed by atoms with van der Waals surface area (Å²) in [4.78, 5) is 50.9. The number of rotatable bonds is 4. The predicted octanol–water partition coefficient (Wildman–Crippen LogP) is 2.63. The average Bonchev–Trinajstić information content (AvgIpc) is 3.44. The zero-order chi connectivity index (χ0) is 26.3. The minimum absolute atomic E-state index is 0.0831. The molecule has 0 aromatic carbocycles. The predicted molar refractivity (Wildman–Crippen MR) is 125 cm³/mol. The number of carbonyl (C=O) groups excluding carboxylic acids is 1. The summed E-state index contributed by atoms with van der Waals surface area (Å²) in [7, 11) is 0. The molecule has 37 heavy (non-hydrogen) atoms. The smallest absolute Gasteiger partial charge is 0.313 e. The van der Waals surface area contributed by atoms with Gasteiger partial charge < -0.3 is 9.88 Å². The molecular formula is C24H20F3N7O3. The number of aromatic amines is 2. The van der Waals surface area contributed by atoms with Crippen molar-refractivity contribution in [1.82, 2.24) is 29.5 Å². The van der Waals surface area contributed by atoms with E-state index in [1.54, 1.807) is 38.4 Å². The van der Waals surface area contributed by atoms with Crippen molar-refractivity contribution >= 4 is 17.2 Å². The monoisotopic (exact) mass is 511 g/mol. The molecule has 0 saturated heterocycles. The second-order valence-electron chi connectivity index (χ2n) is 9.87. The number of fused-ring (bicyclic) bond motifs is 2. The minimum Gasteiger partial charge on any atom is -0.313 e. The number of nitrogens with one attached hydrogen (secondary N) is 2. The Hall–Kier alpha value is -4.29. The third-order valence-electron chi connectivity index (χ3n) is 7.04. The summed E-state index contributed by atoms with van der Waals surface area (Å²) in [6.07, 6.45) is 2.10. The first-order chi connectivity index (χ1) is 17.4. The Balaban J connectivity index is 1.39. The van der Waals surface area contributed by atoms with Gasteiger partial charge in [0.05, 0.1) is 22.4 Å². The SMILES string of the molecule is CC1(C)C(=O)N(CC(F)(F)F)c2cc([C@H]3C[C@@H]3c3cc(-c4c[nH]c(=O)[nH]c4=O)nn4ccnc34)ncc21. The maximum Gasteiger partial charge on any atom is 0.406 e. The highest BCUT2D eigenvalue weighted by Crippen LogP contribution is 2.56. The number of hydrogen-bond acceptors (Lipinski definition) is 6. The molecule has 2 atom stereocenters. The van der Waals surface area contributed by atoms with Crippen LogP contribution in [0.5, 0.6) is 0 Å². The summed E-state index contributed by atoms with van der Waals surface area (Å²) in [5, 5.41) is 4.43. The number of halogens is 3. The first kappa shape index (κ1) is 23.1. The third-order valence-corrected chi connectivity index (χ3v) is 7.04. The summed E-state index contributed by atoms with van der Waals surface area (Å²) in [5.41, 5.74) is 0.792. The molecule has 1 aliphatic carbocycles. The summed E-state index contributed by atoms with van der Waals surface area (Å²) in [6, 6.07) is 3.31. The lowest BCUT2D eigenvalue weighted by Gasteiger charge is -2.21. The highest BCUT2D eigenvalue weighted by molar-refractivity contribution is 6.07. The normalized spacial score (nSPS) is 20.5. The van der Waals surface area contributed by atoms with Gasteiger partial charge in [-0.3, -0.25) is 19.6 Å². The Morgan fingerprint density at radius 2 is 1.92 bits per heavy atom. The molecule has 13 heteroatoms. The molecular weight excluding hydrogens is 491 g/mol. The number of pyridine rings is 1. The van der Waals surface area contributed by atoms with Crippen molar-refractivity contribution in [3.8, 4) is 11.3 Å². The lowest BCUT2D eigenvalue weighted by molar-refractivity contribution is -0.134. The lowest BCUT2D eigenvalue weighted by atomic mass is 9.87. The van der Waals surface area contributed by atoms with E-state index in [0.29, 0.717) is 29.0 Å². The van der Waals surface area contributed by atoms with E-state index in [2.05, 4.69) is 25.0 Å². The highest BCUT2D eigenvalue weighted by atomic mass is 19.4. The Morgan fingerprint density at radius 1 is 1.14 bits per heavy atom. The van der Waals surface area contributed by atoms with Crippen LogP contribution in [0.25, 0.3) is 16.9 Å². The zero-order valence-corrected chi connectivity index (χ0v) is 19.6. The molecule has 0 spiro atoms. The maximum absolute atomic E-state index is 13.3. The van der Waals surface area contributed by atoms with Gasteiger partial charge in [-0.15, -0.1) is 0 Å². The first-order valence-electron chi connectivity index (χ1n) is 11.5. The van der Waals surface area contributed by atoms with Crippen LogP contribution in [-0.4, -0.2) is 48.2 Å². The lowest BCUT2D eigenvalue weighted by Crippen LogP contribution is -2.41. The number of nitrogens with zero attached hydrogens (tertiary/aromatic N) is 5. The van der Waals surface area contributed by atoms with E-state index < -0.39 is 35.3 Å². The Morgan fingerprint density at radius 3 is 2.65 bits per heavy atom.